The number of aliphatic hydroxyl groups excluding tert-OH is 1. The molecule has 0 saturated carbocycles. The van der Waals surface area contributed by atoms with Gasteiger partial charge in [0.25, 0.3) is 5.91 Å². The molecule has 1 atom stereocenters. The Morgan fingerprint density at radius 2 is 1.95 bits per heavy atom. The number of amides is 1. The third kappa shape index (κ3) is 3.77. The van der Waals surface area contributed by atoms with E-state index < -0.39 is 6.10 Å². The summed E-state index contributed by atoms with van der Waals surface area (Å²) in [5.74, 6) is -0.601. The van der Waals surface area contributed by atoms with Gasteiger partial charge < -0.3 is 14.9 Å². The summed E-state index contributed by atoms with van der Waals surface area (Å²) in [4.78, 5) is 16.1. The minimum absolute atomic E-state index is 0.0524. The van der Waals surface area contributed by atoms with Crippen LogP contribution in [0.15, 0.2) is 18.2 Å². The van der Waals surface area contributed by atoms with Gasteiger partial charge in [0.1, 0.15) is 5.82 Å². The first-order chi connectivity index (χ1) is 10.4. The highest BCUT2D eigenvalue weighted by atomic mass is 19.1. The second-order valence-corrected chi connectivity index (χ2v) is 6.26. The highest BCUT2D eigenvalue weighted by Gasteiger charge is 2.22. The fraction of sp³-hybridized carbons (Fsp3) is 0.588. The first-order valence-corrected chi connectivity index (χ1v) is 7.93. The zero-order chi connectivity index (χ0) is 16.3. The molecule has 4 nitrogen and oxygen atoms in total. The Morgan fingerprint density at radius 1 is 1.32 bits per heavy atom. The molecule has 1 fully saturated rings. The first-order valence-electron chi connectivity index (χ1n) is 7.93. The number of nitrogens with zero attached hydrogens (tertiary/aromatic N) is 2. The third-order valence-electron chi connectivity index (χ3n) is 3.99. The Kier molecular flexibility index (Phi) is 5.40. The van der Waals surface area contributed by atoms with Crippen molar-refractivity contribution in [3.8, 4) is 0 Å². The third-order valence-corrected chi connectivity index (χ3v) is 3.99. The van der Waals surface area contributed by atoms with Crippen molar-refractivity contribution in [3.63, 3.8) is 0 Å². The molecule has 1 aromatic carbocycles. The molecule has 0 spiro atoms. The van der Waals surface area contributed by atoms with Crippen molar-refractivity contribution in [2.75, 3.05) is 24.5 Å². The van der Waals surface area contributed by atoms with Gasteiger partial charge in [0, 0.05) is 31.2 Å². The molecule has 5 heteroatoms. The van der Waals surface area contributed by atoms with Crippen LogP contribution in [0.5, 0.6) is 0 Å². The van der Waals surface area contributed by atoms with Gasteiger partial charge in [-0.2, -0.15) is 0 Å². The number of hydrogen-bond acceptors (Lipinski definition) is 3. The number of benzene rings is 1. The van der Waals surface area contributed by atoms with Crippen molar-refractivity contribution in [2.24, 2.45) is 0 Å². The molecule has 0 aromatic heterocycles. The van der Waals surface area contributed by atoms with Gasteiger partial charge in [-0.05, 0) is 51.8 Å². The average Bonchev–Trinajstić information content (AvgIpc) is 2.97. The van der Waals surface area contributed by atoms with E-state index >= 15 is 0 Å². The van der Waals surface area contributed by atoms with Crippen molar-refractivity contribution in [1.29, 1.82) is 0 Å². The summed E-state index contributed by atoms with van der Waals surface area (Å²) in [7, 11) is 0. The van der Waals surface area contributed by atoms with Crippen LogP contribution in [0.3, 0.4) is 0 Å². The van der Waals surface area contributed by atoms with Gasteiger partial charge in [-0.1, -0.05) is 0 Å². The monoisotopic (exact) mass is 308 g/mol. The molecule has 0 radical (unpaired) electrons. The van der Waals surface area contributed by atoms with Gasteiger partial charge in [0.05, 0.1) is 11.8 Å². The van der Waals surface area contributed by atoms with Crippen LogP contribution in [-0.2, 0) is 0 Å². The van der Waals surface area contributed by atoms with Gasteiger partial charge in [0.15, 0.2) is 0 Å². The van der Waals surface area contributed by atoms with E-state index in [1.54, 1.807) is 24.0 Å². The Hall–Kier alpha value is -1.62. The average molecular weight is 308 g/mol. The van der Waals surface area contributed by atoms with Crippen LogP contribution in [0.1, 0.15) is 44.0 Å². The van der Waals surface area contributed by atoms with Crippen molar-refractivity contribution in [3.05, 3.63) is 29.6 Å². The maximum Gasteiger partial charge on any atom is 0.254 e. The predicted octanol–water partition coefficient (Wildman–Crippen LogP) is 2.66. The minimum Gasteiger partial charge on any atom is -0.392 e. The molecule has 1 aliphatic rings. The van der Waals surface area contributed by atoms with Gasteiger partial charge in [-0.15, -0.1) is 0 Å². The summed E-state index contributed by atoms with van der Waals surface area (Å²) in [6.45, 7) is 7.38. The van der Waals surface area contributed by atoms with Crippen molar-refractivity contribution in [1.82, 2.24) is 4.90 Å². The summed E-state index contributed by atoms with van der Waals surface area (Å²) in [5, 5.41) is 9.54. The van der Waals surface area contributed by atoms with Crippen molar-refractivity contribution in [2.45, 2.75) is 45.8 Å². The maximum absolute atomic E-state index is 14.3. The molecule has 122 valence electrons. The fourth-order valence-electron chi connectivity index (χ4n) is 2.83. The Bertz CT molecular complexity index is 525. The zero-order valence-corrected chi connectivity index (χ0v) is 13.6. The quantitative estimate of drug-likeness (QED) is 0.909. The zero-order valence-electron chi connectivity index (χ0n) is 13.6. The summed E-state index contributed by atoms with van der Waals surface area (Å²) in [6.07, 6.45) is 1.55. The molecule has 1 saturated heterocycles. The fourth-order valence-corrected chi connectivity index (χ4v) is 2.83. The molecule has 22 heavy (non-hydrogen) atoms. The lowest BCUT2D eigenvalue weighted by Crippen LogP contribution is -2.41. The molecule has 1 N–H and O–H groups in total. The largest absolute Gasteiger partial charge is 0.392 e. The van der Waals surface area contributed by atoms with E-state index in [0.29, 0.717) is 11.3 Å². The van der Waals surface area contributed by atoms with Gasteiger partial charge in [-0.3, -0.25) is 4.79 Å². The van der Waals surface area contributed by atoms with Crippen LogP contribution >= 0.6 is 0 Å². The van der Waals surface area contributed by atoms with E-state index in [0.717, 1.165) is 25.9 Å². The molecule has 1 unspecified atom stereocenters. The topological polar surface area (TPSA) is 43.8 Å². The number of carbonyl (C=O) groups excluding carboxylic acids is 1. The van der Waals surface area contributed by atoms with E-state index in [-0.39, 0.29) is 24.3 Å². The molecule has 0 aliphatic carbocycles. The van der Waals surface area contributed by atoms with Crippen molar-refractivity contribution < 1.29 is 14.3 Å². The second-order valence-electron chi connectivity index (χ2n) is 6.26. The van der Waals surface area contributed by atoms with Gasteiger partial charge in [0.2, 0.25) is 0 Å². The van der Waals surface area contributed by atoms with E-state index in [1.807, 2.05) is 18.7 Å². The summed E-state index contributed by atoms with van der Waals surface area (Å²) < 4.78 is 14.3. The molecular formula is C17H25FN2O2. The molecule has 1 amide bonds. The van der Waals surface area contributed by atoms with Crippen LogP contribution in [0.25, 0.3) is 0 Å². The lowest BCUT2D eigenvalue weighted by Gasteiger charge is -2.28. The number of halogens is 1. The number of aliphatic hydroxyl groups is 1. The van der Waals surface area contributed by atoms with E-state index in [4.69, 9.17) is 0 Å². The molecule has 0 bridgehead atoms. The van der Waals surface area contributed by atoms with E-state index in [9.17, 15) is 14.3 Å². The summed E-state index contributed by atoms with van der Waals surface area (Å²) >= 11 is 0. The number of hydrogen-bond donors (Lipinski definition) is 1. The highest BCUT2D eigenvalue weighted by Crippen LogP contribution is 2.25. The Balaban J connectivity index is 2.20. The number of anilines is 1. The lowest BCUT2D eigenvalue weighted by atomic mass is 10.1. The molecule has 1 aromatic rings. The predicted molar refractivity (Wildman–Crippen MR) is 85.7 cm³/mol. The Morgan fingerprint density at radius 3 is 2.45 bits per heavy atom. The standard InChI is InChI=1S/C17H25FN2O2/c1-12(2)20(11-13(3)21)17(22)14-6-7-16(15(18)10-14)19-8-4-5-9-19/h6-7,10,12-13,21H,4-5,8-9,11H2,1-3H3. The summed E-state index contributed by atoms with van der Waals surface area (Å²) in [5.41, 5.74) is 0.899. The molecular weight excluding hydrogens is 283 g/mol. The maximum atomic E-state index is 14.3. The van der Waals surface area contributed by atoms with E-state index in [1.165, 1.54) is 6.07 Å². The molecule has 1 heterocycles. The van der Waals surface area contributed by atoms with Gasteiger partial charge in [-0.25, -0.2) is 4.39 Å². The van der Waals surface area contributed by atoms with Crippen LogP contribution in [0, 0.1) is 5.82 Å². The number of carbonyl (C=O) groups is 1. The smallest absolute Gasteiger partial charge is 0.254 e. The number of rotatable bonds is 5. The van der Waals surface area contributed by atoms with Crippen LogP contribution in [0.2, 0.25) is 0 Å². The highest BCUT2D eigenvalue weighted by molar-refractivity contribution is 5.94. The summed E-state index contributed by atoms with van der Waals surface area (Å²) in [6, 6.07) is 4.63. The first kappa shape index (κ1) is 16.7. The Labute approximate surface area is 131 Å². The molecule has 1 aliphatic heterocycles. The SMILES string of the molecule is CC(O)CN(C(=O)c1ccc(N2CCCC2)c(F)c1)C(C)C. The minimum atomic E-state index is -0.611. The van der Waals surface area contributed by atoms with Gasteiger partial charge >= 0.3 is 0 Å². The molecule has 2 rings (SSSR count). The van der Waals surface area contributed by atoms with Crippen molar-refractivity contribution >= 4 is 11.6 Å². The van der Waals surface area contributed by atoms with Crippen LogP contribution < -0.4 is 4.90 Å². The van der Waals surface area contributed by atoms with Crippen LogP contribution in [0.4, 0.5) is 10.1 Å². The normalized spacial score (nSPS) is 16.2. The lowest BCUT2D eigenvalue weighted by molar-refractivity contribution is 0.0578. The van der Waals surface area contributed by atoms with E-state index in [2.05, 4.69) is 0 Å². The van der Waals surface area contributed by atoms with Crippen LogP contribution in [-0.4, -0.2) is 47.7 Å². The second kappa shape index (κ2) is 7.09.